The zero-order chi connectivity index (χ0) is 15.0. The Balaban J connectivity index is 2.54. The number of carbonyl (C=O) groups is 2. The van der Waals surface area contributed by atoms with E-state index in [2.05, 4.69) is 0 Å². The van der Waals surface area contributed by atoms with Gasteiger partial charge in [0.05, 0.1) is 18.1 Å². The van der Waals surface area contributed by atoms with Crippen LogP contribution in [0.15, 0.2) is 24.3 Å². The van der Waals surface area contributed by atoms with Crippen molar-refractivity contribution in [2.75, 3.05) is 25.2 Å². The SMILES string of the molecule is CCOc1ccccc1CN(C)C(=O)CSCC(=O)O. The van der Waals surface area contributed by atoms with Crippen LogP contribution in [-0.4, -0.2) is 47.0 Å². The zero-order valence-corrected chi connectivity index (χ0v) is 12.5. The second-order valence-corrected chi connectivity index (χ2v) is 5.16. The van der Waals surface area contributed by atoms with Crippen LogP contribution >= 0.6 is 11.8 Å². The molecule has 0 aromatic heterocycles. The molecule has 0 spiro atoms. The van der Waals surface area contributed by atoms with Crippen molar-refractivity contribution in [3.63, 3.8) is 0 Å². The molecule has 1 rings (SSSR count). The van der Waals surface area contributed by atoms with E-state index in [-0.39, 0.29) is 17.4 Å². The molecule has 0 radical (unpaired) electrons. The molecule has 1 amide bonds. The summed E-state index contributed by atoms with van der Waals surface area (Å²) in [6.07, 6.45) is 0. The number of carboxylic acid groups (broad SMARTS) is 1. The molecular formula is C14H19NO4S. The maximum atomic E-state index is 11.9. The number of benzene rings is 1. The number of carbonyl (C=O) groups excluding carboxylic acids is 1. The lowest BCUT2D eigenvalue weighted by molar-refractivity contribution is -0.133. The van der Waals surface area contributed by atoms with Crippen molar-refractivity contribution in [1.82, 2.24) is 4.90 Å². The minimum absolute atomic E-state index is 0.0604. The van der Waals surface area contributed by atoms with Crippen molar-refractivity contribution in [2.45, 2.75) is 13.5 Å². The molecule has 110 valence electrons. The summed E-state index contributed by atoms with van der Waals surface area (Å²) in [5.41, 5.74) is 0.938. The lowest BCUT2D eigenvalue weighted by Gasteiger charge is -2.19. The van der Waals surface area contributed by atoms with E-state index in [4.69, 9.17) is 9.84 Å². The number of hydrogen-bond donors (Lipinski definition) is 1. The van der Waals surface area contributed by atoms with Gasteiger partial charge in [-0.25, -0.2) is 0 Å². The van der Waals surface area contributed by atoms with Gasteiger partial charge in [0, 0.05) is 19.2 Å². The van der Waals surface area contributed by atoms with Gasteiger partial charge in [0.25, 0.3) is 0 Å². The Morgan fingerprint density at radius 1 is 1.30 bits per heavy atom. The van der Waals surface area contributed by atoms with Crippen LogP contribution in [-0.2, 0) is 16.1 Å². The summed E-state index contributed by atoms with van der Waals surface area (Å²) in [5, 5.41) is 8.53. The number of amides is 1. The minimum atomic E-state index is -0.910. The fraction of sp³-hybridized carbons (Fsp3) is 0.429. The first kappa shape index (κ1) is 16.4. The van der Waals surface area contributed by atoms with E-state index in [0.29, 0.717) is 13.2 Å². The molecule has 0 atom stereocenters. The van der Waals surface area contributed by atoms with E-state index in [1.807, 2.05) is 31.2 Å². The highest BCUT2D eigenvalue weighted by Crippen LogP contribution is 2.19. The molecule has 0 saturated carbocycles. The topological polar surface area (TPSA) is 66.8 Å². The third kappa shape index (κ3) is 5.52. The fourth-order valence-corrected chi connectivity index (χ4v) is 2.28. The Kier molecular flexibility index (Phi) is 6.93. The molecule has 1 N–H and O–H groups in total. The van der Waals surface area contributed by atoms with Gasteiger partial charge >= 0.3 is 5.97 Å². The predicted molar refractivity (Wildman–Crippen MR) is 79.0 cm³/mol. The van der Waals surface area contributed by atoms with Gasteiger partial charge in [-0.15, -0.1) is 11.8 Å². The van der Waals surface area contributed by atoms with Gasteiger partial charge < -0.3 is 14.7 Å². The van der Waals surface area contributed by atoms with Crippen molar-refractivity contribution < 1.29 is 19.4 Å². The van der Waals surface area contributed by atoms with E-state index >= 15 is 0 Å². The molecule has 0 fully saturated rings. The molecule has 20 heavy (non-hydrogen) atoms. The van der Waals surface area contributed by atoms with Gasteiger partial charge in [-0.3, -0.25) is 9.59 Å². The number of ether oxygens (including phenoxy) is 1. The smallest absolute Gasteiger partial charge is 0.313 e. The lowest BCUT2D eigenvalue weighted by Crippen LogP contribution is -2.28. The molecule has 5 nitrogen and oxygen atoms in total. The summed E-state index contributed by atoms with van der Waals surface area (Å²) in [7, 11) is 1.70. The van der Waals surface area contributed by atoms with Crippen molar-refractivity contribution in [2.24, 2.45) is 0 Å². The Morgan fingerprint density at radius 3 is 2.65 bits per heavy atom. The molecule has 0 bridgehead atoms. The second kappa shape index (κ2) is 8.47. The first-order chi connectivity index (χ1) is 9.54. The molecule has 6 heteroatoms. The highest BCUT2D eigenvalue weighted by Gasteiger charge is 2.12. The van der Waals surface area contributed by atoms with Crippen molar-refractivity contribution in [3.05, 3.63) is 29.8 Å². The van der Waals surface area contributed by atoms with Crippen LogP contribution in [0.25, 0.3) is 0 Å². The van der Waals surface area contributed by atoms with Crippen molar-refractivity contribution in [1.29, 1.82) is 0 Å². The number of thioether (sulfide) groups is 1. The summed E-state index contributed by atoms with van der Waals surface area (Å²) >= 11 is 1.10. The Morgan fingerprint density at radius 2 is 2.00 bits per heavy atom. The van der Waals surface area contributed by atoms with Crippen LogP contribution in [0, 0.1) is 0 Å². The fourth-order valence-electron chi connectivity index (χ4n) is 1.61. The third-order valence-electron chi connectivity index (χ3n) is 2.56. The first-order valence-electron chi connectivity index (χ1n) is 6.28. The number of nitrogens with zero attached hydrogens (tertiary/aromatic N) is 1. The van der Waals surface area contributed by atoms with Crippen LogP contribution in [0.3, 0.4) is 0 Å². The van der Waals surface area contributed by atoms with Gasteiger partial charge in [0.1, 0.15) is 5.75 Å². The molecule has 0 saturated heterocycles. The second-order valence-electron chi connectivity index (χ2n) is 4.18. The van der Waals surface area contributed by atoms with E-state index in [1.54, 1.807) is 11.9 Å². The number of hydrogen-bond acceptors (Lipinski definition) is 4. The van der Waals surface area contributed by atoms with Crippen LogP contribution in [0.4, 0.5) is 0 Å². The minimum Gasteiger partial charge on any atom is -0.494 e. The van der Waals surface area contributed by atoms with E-state index in [1.165, 1.54) is 0 Å². The zero-order valence-electron chi connectivity index (χ0n) is 11.7. The molecule has 0 aliphatic rings. The summed E-state index contributed by atoms with van der Waals surface area (Å²) in [4.78, 5) is 23.8. The van der Waals surface area contributed by atoms with Gasteiger partial charge in [-0.1, -0.05) is 18.2 Å². The first-order valence-corrected chi connectivity index (χ1v) is 7.44. The van der Waals surface area contributed by atoms with Gasteiger partial charge in [0.15, 0.2) is 0 Å². The maximum Gasteiger partial charge on any atom is 0.313 e. The normalized spacial score (nSPS) is 10.1. The van der Waals surface area contributed by atoms with Gasteiger partial charge in [0.2, 0.25) is 5.91 Å². The van der Waals surface area contributed by atoms with Crippen molar-refractivity contribution >= 4 is 23.6 Å². The summed E-state index contributed by atoms with van der Waals surface area (Å²) in [6.45, 7) is 2.93. The molecule has 0 aliphatic carbocycles. The number of carboxylic acids is 1. The quantitative estimate of drug-likeness (QED) is 0.793. The summed E-state index contributed by atoms with van der Waals surface area (Å²) < 4.78 is 5.51. The number of rotatable bonds is 8. The summed E-state index contributed by atoms with van der Waals surface area (Å²) in [6, 6.07) is 7.57. The van der Waals surface area contributed by atoms with Crippen LogP contribution in [0.1, 0.15) is 12.5 Å². The summed E-state index contributed by atoms with van der Waals surface area (Å²) in [5.74, 6) is -0.128. The lowest BCUT2D eigenvalue weighted by atomic mass is 10.2. The van der Waals surface area contributed by atoms with Gasteiger partial charge in [-0.2, -0.15) is 0 Å². The highest BCUT2D eigenvalue weighted by atomic mass is 32.2. The van der Waals surface area contributed by atoms with Crippen molar-refractivity contribution in [3.8, 4) is 5.75 Å². The number of aliphatic carboxylic acids is 1. The molecule has 0 heterocycles. The maximum absolute atomic E-state index is 11.9. The molecule has 1 aromatic carbocycles. The van der Waals surface area contributed by atoms with Gasteiger partial charge in [-0.05, 0) is 13.0 Å². The molecule has 1 aromatic rings. The van der Waals surface area contributed by atoms with E-state index in [9.17, 15) is 9.59 Å². The Hall–Kier alpha value is -1.69. The molecular weight excluding hydrogens is 278 g/mol. The van der Waals surface area contributed by atoms with E-state index < -0.39 is 5.97 Å². The monoisotopic (exact) mass is 297 g/mol. The van der Waals surface area contributed by atoms with E-state index in [0.717, 1.165) is 23.1 Å². The highest BCUT2D eigenvalue weighted by molar-refractivity contribution is 8.00. The largest absolute Gasteiger partial charge is 0.494 e. The predicted octanol–water partition coefficient (Wildman–Crippen LogP) is 1.86. The molecule has 0 aliphatic heterocycles. The molecule has 0 unspecified atom stereocenters. The van der Waals surface area contributed by atoms with Crippen LogP contribution in [0.2, 0.25) is 0 Å². The average Bonchev–Trinajstić information content (AvgIpc) is 2.40. The van der Waals surface area contributed by atoms with Crippen LogP contribution in [0.5, 0.6) is 5.75 Å². The standard InChI is InChI=1S/C14H19NO4S/c1-3-19-12-7-5-4-6-11(12)8-15(2)13(16)9-20-10-14(17)18/h4-7H,3,8-10H2,1-2H3,(H,17,18). The van der Waals surface area contributed by atoms with Crippen LogP contribution < -0.4 is 4.74 Å². The Labute approximate surface area is 122 Å². The third-order valence-corrected chi connectivity index (χ3v) is 3.46. The average molecular weight is 297 g/mol. The Bertz CT molecular complexity index is 464. The number of para-hydroxylation sites is 1.